The normalized spacial score (nSPS) is 12.0. The number of methoxy groups -OCH3 is 2. The van der Waals surface area contributed by atoms with E-state index >= 15 is 0 Å². The van der Waals surface area contributed by atoms with Gasteiger partial charge in [-0.1, -0.05) is 6.07 Å². The second kappa shape index (κ2) is 9.20. The van der Waals surface area contributed by atoms with Gasteiger partial charge in [0.2, 0.25) is 0 Å². The Hall–Kier alpha value is -1.79. The number of benzene rings is 1. The Bertz CT molecular complexity index is 450. The first-order chi connectivity index (χ1) is 10.1. The molecule has 0 aliphatic heterocycles. The number of carbonyl (C=O) groups is 1. The highest BCUT2D eigenvalue weighted by molar-refractivity contribution is 5.76. The summed E-state index contributed by atoms with van der Waals surface area (Å²) in [7, 11) is 3.06. The third-order valence-electron chi connectivity index (χ3n) is 3.01. The smallest absolute Gasteiger partial charge is 0.325 e. The van der Waals surface area contributed by atoms with Crippen LogP contribution in [0, 0.1) is 0 Å². The van der Waals surface area contributed by atoms with Crippen LogP contribution in [0.3, 0.4) is 0 Å². The lowest BCUT2D eigenvalue weighted by molar-refractivity contribution is -0.139. The predicted molar refractivity (Wildman–Crippen MR) is 79.0 cm³/mol. The van der Waals surface area contributed by atoms with Crippen LogP contribution in [-0.2, 0) is 9.53 Å². The number of carboxylic acids is 1. The first-order valence-corrected chi connectivity index (χ1v) is 6.89. The number of hydrogen-bond acceptors (Lipinski definition) is 5. The highest BCUT2D eigenvalue weighted by Gasteiger charge is 2.20. The molecular weight excluding hydrogens is 274 g/mol. The van der Waals surface area contributed by atoms with Gasteiger partial charge in [0.05, 0.1) is 14.2 Å². The van der Waals surface area contributed by atoms with Crippen molar-refractivity contribution in [2.75, 3.05) is 34.0 Å². The van der Waals surface area contributed by atoms with Crippen LogP contribution in [0.1, 0.15) is 24.9 Å². The molecule has 1 aromatic carbocycles. The summed E-state index contributed by atoms with van der Waals surface area (Å²) in [5.74, 6) is 0.151. The molecule has 0 bridgehead atoms. The molecule has 2 N–H and O–H groups in total. The Morgan fingerprint density at radius 2 is 2.00 bits per heavy atom. The largest absolute Gasteiger partial charge is 0.493 e. The SMILES string of the molecule is CCOCCCNC(C(=O)O)c1ccc(OC)c(OC)c1. The second-order valence-corrected chi connectivity index (χ2v) is 4.39. The molecular formula is C15H23NO5. The Balaban J connectivity index is 2.74. The van der Waals surface area contributed by atoms with Crippen molar-refractivity contribution in [3.8, 4) is 11.5 Å². The molecule has 0 aliphatic rings. The molecule has 1 aromatic rings. The van der Waals surface area contributed by atoms with Crippen LogP contribution in [-0.4, -0.2) is 45.1 Å². The molecule has 21 heavy (non-hydrogen) atoms. The van der Waals surface area contributed by atoms with Gasteiger partial charge in [-0.25, -0.2) is 0 Å². The van der Waals surface area contributed by atoms with Crippen LogP contribution in [0.4, 0.5) is 0 Å². The second-order valence-electron chi connectivity index (χ2n) is 4.39. The minimum absolute atomic E-state index is 0.511. The van der Waals surface area contributed by atoms with Crippen LogP contribution in [0.15, 0.2) is 18.2 Å². The van der Waals surface area contributed by atoms with Crippen molar-refractivity contribution >= 4 is 5.97 Å². The van der Waals surface area contributed by atoms with Crippen molar-refractivity contribution in [3.05, 3.63) is 23.8 Å². The maximum atomic E-state index is 11.4. The third kappa shape index (κ3) is 5.24. The molecule has 0 amide bonds. The average Bonchev–Trinajstić information content (AvgIpc) is 2.49. The predicted octanol–water partition coefficient (Wildman–Crippen LogP) is 1.85. The summed E-state index contributed by atoms with van der Waals surface area (Å²) >= 11 is 0. The zero-order valence-electron chi connectivity index (χ0n) is 12.7. The quantitative estimate of drug-likeness (QED) is 0.642. The molecule has 1 rings (SSSR count). The summed E-state index contributed by atoms with van der Waals surface area (Å²) in [5.41, 5.74) is 0.622. The van der Waals surface area contributed by atoms with Gasteiger partial charge in [0, 0.05) is 13.2 Å². The standard InChI is InChI=1S/C15H23NO5/c1-4-21-9-5-8-16-14(15(17)18)11-6-7-12(19-2)13(10-11)20-3/h6-7,10,14,16H,4-5,8-9H2,1-3H3,(H,17,18). The van der Waals surface area contributed by atoms with Crippen molar-refractivity contribution < 1.29 is 24.1 Å². The molecule has 0 saturated carbocycles. The fourth-order valence-electron chi connectivity index (χ4n) is 1.95. The van der Waals surface area contributed by atoms with Crippen LogP contribution < -0.4 is 14.8 Å². The number of rotatable bonds is 10. The van der Waals surface area contributed by atoms with Gasteiger partial charge in [0.15, 0.2) is 11.5 Å². The summed E-state index contributed by atoms with van der Waals surface area (Å²) in [6.45, 7) is 3.77. The molecule has 0 aliphatic carbocycles. The molecule has 1 unspecified atom stereocenters. The van der Waals surface area contributed by atoms with Gasteiger partial charge >= 0.3 is 5.97 Å². The number of nitrogens with one attached hydrogen (secondary N) is 1. The first-order valence-electron chi connectivity index (χ1n) is 6.89. The number of aliphatic carboxylic acids is 1. The van der Waals surface area contributed by atoms with Gasteiger partial charge in [-0.05, 0) is 37.6 Å². The summed E-state index contributed by atoms with van der Waals surface area (Å²) in [4.78, 5) is 11.4. The fraction of sp³-hybridized carbons (Fsp3) is 0.533. The van der Waals surface area contributed by atoms with Crippen molar-refractivity contribution in [1.82, 2.24) is 5.32 Å². The summed E-state index contributed by atoms with van der Waals surface area (Å²) < 4.78 is 15.6. The number of ether oxygens (including phenoxy) is 3. The van der Waals surface area contributed by atoms with E-state index in [1.165, 1.54) is 14.2 Å². The van der Waals surface area contributed by atoms with Crippen LogP contribution >= 0.6 is 0 Å². The van der Waals surface area contributed by atoms with E-state index in [9.17, 15) is 9.90 Å². The van der Waals surface area contributed by atoms with E-state index in [0.29, 0.717) is 36.8 Å². The highest BCUT2D eigenvalue weighted by atomic mass is 16.5. The monoisotopic (exact) mass is 297 g/mol. The van der Waals surface area contributed by atoms with Crippen LogP contribution in [0.5, 0.6) is 11.5 Å². The highest BCUT2D eigenvalue weighted by Crippen LogP contribution is 2.30. The maximum absolute atomic E-state index is 11.4. The molecule has 0 aromatic heterocycles. The third-order valence-corrected chi connectivity index (χ3v) is 3.01. The molecule has 0 spiro atoms. The van der Waals surface area contributed by atoms with Crippen molar-refractivity contribution in [1.29, 1.82) is 0 Å². The lowest BCUT2D eigenvalue weighted by atomic mass is 10.1. The minimum Gasteiger partial charge on any atom is -0.493 e. The molecule has 118 valence electrons. The van der Waals surface area contributed by atoms with Gasteiger partial charge in [-0.2, -0.15) is 0 Å². The average molecular weight is 297 g/mol. The molecule has 1 atom stereocenters. The molecule has 0 heterocycles. The van der Waals surface area contributed by atoms with Crippen molar-refractivity contribution in [2.45, 2.75) is 19.4 Å². The van der Waals surface area contributed by atoms with Gasteiger partial charge < -0.3 is 24.6 Å². The van der Waals surface area contributed by atoms with Crippen LogP contribution in [0.25, 0.3) is 0 Å². The van der Waals surface area contributed by atoms with Gasteiger partial charge in [0.25, 0.3) is 0 Å². The maximum Gasteiger partial charge on any atom is 0.325 e. The Morgan fingerprint density at radius 3 is 2.57 bits per heavy atom. The van der Waals surface area contributed by atoms with Gasteiger partial charge in [0.1, 0.15) is 6.04 Å². The van der Waals surface area contributed by atoms with Gasteiger partial charge in [-0.3, -0.25) is 4.79 Å². The summed E-state index contributed by atoms with van der Waals surface area (Å²) in [6.07, 6.45) is 0.755. The van der Waals surface area contributed by atoms with E-state index in [0.717, 1.165) is 6.42 Å². The Kier molecular flexibility index (Phi) is 7.56. The topological polar surface area (TPSA) is 77.0 Å². The van der Waals surface area contributed by atoms with E-state index < -0.39 is 12.0 Å². The van der Waals surface area contributed by atoms with Crippen molar-refractivity contribution in [3.63, 3.8) is 0 Å². The fourth-order valence-corrected chi connectivity index (χ4v) is 1.95. The number of hydrogen-bond donors (Lipinski definition) is 2. The van der Waals surface area contributed by atoms with E-state index in [4.69, 9.17) is 14.2 Å². The van der Waals surface area contributed by atoms with Crippen molar-refractivity contribution in [2.24, 2.45) is 0 Å². The molecule has 0 fully saturated rings. The van der Waals surface area contributed by atoms with E-state index in [2.05, 4.69) is 5.32 Å². The minimum atomic E-state index is -0.932. The zero-order valence-corrected chi connectivity index (χ0v) is 12.7. The Labute approximate surface area is 125 Å². The van der Waals surface area contributed by atoms with Crippen LogP contribution in [0.2, 0.25) is 0 Å². The first kappa shape index (κ1) is 17.3. The summed E-state index contributed by atoms with van der Waals surface area (Å²) in [5, 5.41) is 12.4. The summed E-state index contributed by atoms with van der Waals surface area (Å²) in [6, 6.07) is 4.31. The van der Waals surface area contributed by atoms with E-state index in [1.807, 2.05) is 6.92 Å². The molecule has 6 nitrogen and oxygen atoms in total. The zero-order chi connectivity index (χ0) is 15.7. The van der Waals surface area contributed by atoms with E-state index in [-0.39, 0.29) is 0 Å². The molecule has 0 radical (unpaired) electrons. The number of carboxylic acid groups (broad SMARTS) is 1. The molecule has 6 heteroatoms. The molecule has 0 saturated heterocycles. The lowest BCUT2D eigenvalue weighted by Crippen LogP contribution is -2.29. The van der Waals surface area contributed by atoms with E-state index in [1.54, 1.807) is 18.2 Å². The Morgan fingerprint density at radius 1 is 1.29 bits per heavy atom. The lowest BCUT2D eigenvalue weighted by Gasteiger charge is -2.17. The van der Waals surface area contributed by atoms with Gasteiger partial charge in [-0.15, -0.1) is 0 Å².